The van der Waals surface area contributed by atoms with E-state index in [2.05, 4.69) is 58.6 Å². The molecule has 1 aromatic heterocycles. The summed E-state index contributed by atoms with van der Waals surface area (Å²) in [5, 5.41) is 23.6. The van der Waals surface area contributed by atoms with E-state index in [9.17, 15) is 10.5 Å². The Morgan fingerprint density at radius 3 is 2.32 bits per heavy atom. The predicted molar refractivity (Wildman–Crippen MR) is 140 cm³/mol. The molecule has 2 aromatic rings. The van der Waals surface area contributed by atoms with E-state index in [-0.39, 0.29) is 0 Å². The summed E-state index contributed by atoms with van der Waals surface area (Å²) in [6.07, 6.45) is 3.70. The molecule has 0 aliphatic carbocycles. The number of anilines is 1. The van der Waals surface area contributed by atoms with Crippen LogP contribution in [0.2, 0.25) is 0 Å². The van der Waals surface area contributed by atoms with Crippen LogP contribution in [0.15, 0.2) is 34.2 Å². The van der Waals surface area contributed by atoms with Crippen molar-refractivity contribution >= 4 is 35.6 Å². The quantitative estimate of drug-likeness (QED) is 0.452. The molecule has 3 rings (SSSR count). The normalized spacial score (nSPS) is 13.8. The minimum atomic E-state index is 0.511. The van der Waals surface area contributed by atoms with Crippen molar-refractivity contribution in [3.05, 3.63) is 46.5 Å². The van der Waals surface area contributed by atoms with Crippen LogP contribution in [0.1, 0.15) is 35.6 Å². The van der Waals surface area contributed by atoms with Gasteiger partial charge in [0.25, 0.3) is 0 Å². The van der Waals surface area contributed by atoms with Gasteiger partial charge in [0.05, 0.1) is 5.56 Å². The van der Waals surface area contributed by atoms with Crippen LogP contribution in [0.25, 0.3) is 0 Å². The summed E-state index contributed by atoms with van der Waals surface area (Å²) >= 11 is 3.02. The van der Waals surface area contributed by atoms with Gasteiger partial charge in [-0.05, 0) is 51.4 Å². The number of thioether (sulfide) groups is 2. The molecule has 1 saturated heterocycles. The number of aldehydes is 1. The molecule has 180 valence electrons. The molecule has 0 radical (unpaired) electrons. The second-order valence-corrected chi connectivity index (χ2v) is 9.54. The Morgan fingerprint density at radius 2 is 1.74 bits per heavy atom. The van der Waals surface area contributed by atoms with E-state index in [1.165, 1.54) is 29.8 Å². The number of carbonyl (C=O) groups excluding carboxylic acids is 1. The minimum absolute atomic E-state index is 0.511. The van der Waals surface area contributed by atoms with Gasteiger partial charge in [0.15, 0.2) is 0 Å². The molecule has 34 heavy (non-hydrogen) atoms. The molecule has 1 fully saturated rings. The molecule has 0 amide bonds. The molecule has 0 atom stereocenters. The third-order valence-electron chi connectivity index (χ3n) is 5.33. The van der Waals surface area contributed by atoms with Gasteiger partial charge >= 0.3 is 0 Å². The average molecular weight is 497 g/mol. The number of rotatable bonds is 7. The van der Waals surface area contributed by atoms with Crippen molar-refractivity contribution in [1.29, 1.82) is 10.5 Å². The van der Waals surface area contributed by atoms with Crippen molar-refractivity contribution in [3.63, 3.8) is 0 Å². The fourth-order valence-corrected chi connectivity index (χ4v) is 5.33. The van der Waals surface area contributed by atoms with Gasteiger partial charge in [-0.25, -0.2) is 4.98 Å². The Hall–Kier alpha value is -2.56. The number of hydrogen-bond acceptors (Lipinski definition) is 9. The zero-order chi connectivity index (χ0) is 24.9. The van der Waals surface area contributed by atoms with Crippen LogP contribution in [0.3, 0.4) is 0 Å². The van der Waals surface area contributed by atoms with Gasteiger partial charge in [-0.15, -0.1) is 23.5 Å². The zero-order valence-corrected chi connectivity index (χ0v) is 21.9. The monoisotopic (exact) mass is 496 g/mol. The molecular formula is C25H32N6OS2. The molecule has 0 saturated carbocycles. The fourth-order valence-electron chi connectivity index (χ4n) is 3.64. The summed E-state index contributed by atoms with van der Waals surface area (Å²) in [6.45, 7) is 5.95. The van der Waals surface area contributed by atoms with Gasteiger partial charge in [-0.1, -0.05) is 24.3 Å². The maximum absolute atomic E-state index is 9.91. The maximum atomic E-state index is 9.91. The smallest absolute Gasteiger partial charge is 0.149 e. The number of hydrogen-bond donors (Lipinski definition) is 1. The Bertz CT molecular complexity index is 1030. The van der Waals surface area contributed by atoms with Crippen molar-refractivity contribution in [3.8, 4) is 12.1 Å². The zero-order valence-electron chi connectivity index (χ0n) is 20.3. The van der Waals surface area contributed by atoms with Crippen molar-refractivity contribution in [2.45, 2.75) is 35.6 Å². The Kier molecular flexibility index (Phi) is 11.9. The van der Waals surface area contributed by atoms with Crippen molar-refractivity contribution in [1.82, 2.24) is 15.2 Å². The van der Waals surface area contributed by atoms with Crippen molar-refractivity contribution < 1.29 is 4.79 Å². The summed E-state index contributed by atoms with van der Waals surface area (Å²) in [5.41, 5.74) is 3.46. The second-order valence-electron chi connectivity index (χ2n) is 7.76. The molecular weight excluding hydrogens is 464 g/mol. The number of nitriles is 2. The number of likely N-dealkylation sites (N-methyl/N-ethyl adjacent to an activating group) is 1. The number of nitrogens with one attached hydrogen (secondary N) is 1. The number of benzene rings is 1. The molecule has 7 nitrogen and oxygen atoms in total. The van der Waals surface area contributed by atoms with E-state index < -0.39 is 0 Å². The van der Waals surface area contributed by atoms with Gasteiger partial charge in [-0.3, -0.25) is 0 Å². The number of aromatic nitrogens is 1. The number of carbonyl (C=O) groups is 1. The number of nitrogens with zero attached hydrogens (tertiary/aromatic N) is 5. The first-order valence-corrected chi connectivity index (χ1v) is 13.3. The average Bonchev–Trinajstić information content (AvgIpc) is 3.07. The highest BCUT2D eigenvalue weighted by atomic mass is 32.2. The van der Waals surface area contributed by atoms with E-state index in [1.807, 2.05) is 13.3 Å². The van der Waals surface area contributed by atoms with Gasteiger partial charge < -0.3 is 19.9 Å². The molecule has 2 heterocycles. The Balaban J connectivity index is 0.00000129. The summed E-state index contributed by atoms with van der Waals surface area (Å²) in [7, 11) is 4.06. The van der Waals surface area contributed by atoms with E-state index in [1.54, 1.807) is 11.8 Å². The van der Waals surface area contributed by atoms with Crippen LogP contribution < -0.4 is 10.2 Å². The Morgan fingerprint density at radius 1 is 1.09 bits per heavy atom. The molecule has 0 spiro atoms. The lowest BCUT2D eigenvalue weighted by Crippen LogP contribution is -2.30. The minimum Gasteiger partial charge on any atom is -0.354 e. The largest absolute Gasteiger partial charge is 0.354 e. The van der Waals surface area contributed by atoms with Gasteiger partial charge in [0.2, 0.25) is 0 Å². The Labute approximate surface area is 211 Å². The molecule has 0 bridgehead atoms. The van der Waals surface area contributed by atoms with Crippen LogP contribution in [-0.2, 0) is 17.1 Å². The summed E-state index contributed by atoms with van der Waals surface area (Å²) in [4.78, 5) is 18.9. The fraction of sp³-hybridized carbons (Fsp3) is 0.440. The van der Waals surface area contributed by atoms with Crippen LogP contribution in [-0.4, -0.2) is 62.7 Å². The highest BCUT2D eigenvalue weighted by Crippen LogP contribution is 2.37. The highest BCUT2D eigenvalue weighted by Gasteiger charge is 2.24. The lowest BCUT2D eigenvalue weighted by molar-refractivity contribution is -0.106. The number of pyridine rings is 1. The first-order valence-electron chi connectivity index (χ1n) is 11.1. The SMILES string of the molecule is CC=O.CNCc1ccc(CSc2nc(N3CCCN(C)CC3)c(C#N)c(SC)c2C#N)cc1. The molecule has 1 aliphatic heterocycles. The lowest BCUT2D eigenvalue weighted by atomic mass is 10.1. The summed E-state index contributed by atoms with van der Waals surface area (Å²) in [5.74, 6) is 1.44. The standard InChI is InChI=1S/C23H28N6S2.C2H4O/c1-26-15-17-5-7-18(8-6-17)16-31-23-20(14-25)21(30-3)19(13-24)22(27-23)29-10-4-9-28(2)11-12-29;1-2-3/h5-8,26H,4,9-12,15-16H2,1-3H3;2H,1H3. The third-order valence-corrected chi connectivity index (χ3v) is 7.19. The molecule has 0 unspecified atom stereocenters. The predicted octanol–water partition coefficient (Wildman–Crippen LogP) is 3.91. The van der Waals surface area contributed by atoms with E-state index in [0.717, 1.165) is 56.1 Å². The summed E-state index contributed by atoms with van der Waals surface area (Å²) < 4.78 is 0. The third kappa shape index (κ3) is 7.48. The van der Waals surface area contributed by atoms with Crippen LogP contribution >= 0.6 is 23.5 Å². The van der Waals surface area contributed by atoms with E-state index in [4.69, 9.17) is 9.78 Å². The topological polar surface area (TPSA) is 96.1 Å². The van der Waals surface area contributed by atoms with Gasteiger partial charge in [0.1, 0.15) is 34.8 Å². The van der Waals surface area contributed by atoms with Crippen molar-refractivity contribution in [2.75, 3.05) is 51.4 Å². The van der Waals surface area contributed by atoms with Gasteiger partial charge in [-0.2, -0.15) is 10.5 Å². The lowest BCUT2D eigenvalue weighted by Gasteiger charge is -2.24. The molecule has 9 heteroatoms. The highest BCUT2D eigenvalue weighted by molar-refractivity contribution is 7.99. The second kappa shape index (κ2) is 14.6. The van der Waals surface area contributed by atoms with Crippen molar-refractivity contribution in [2.24, 2.45) is 0 Å². The van der Waals surface area contributed by atoms with Crippen LogP contribution in [0.5, 0.6) is 0 Å². The van der Waals surface area contributed by atoms with E-state index in [0.29, 0.717) is 22.0 Å². The molecule has 1 aromatic carbocycles. The first-order chi connectivity index (χ1) is 16.5. The summed E-state index contributed by atoms with van der Waals surface area (Å²) in [6, 6.07) is 13.1. The molecule has 1 N–H and O–H groups in total. The molecule has 1 aliphatic rings. The van der Waals surface area contributed by atoms with Gasteiger partial charge in [0, 0.05) is 36.8 Å². The van der Waals surface area contributed by atoms with E-state index >= 15 is 0 Å². The van der Waals surface area contributed by atoms with Crippen LogP contribution in [0, 0.1) is 22.7 Å². The van der Waals surface area contributed by atoms with Crippen LogP contribution in [0.4, 0.5) is 5.82 Å². The maximum Gasteiger partial charge on any atom is 0.149 e. The first kappa shape index (κ1) is 27.7.